The van der Waals surface area contributed by atoms with Crippen molar-refractivity contribution in [1.29, 1.82) is 0 Å². The molecule has 0 aromatic heterocycles. The Labute approximate surface area is 111 Å². The van der Waals surface area contributed by atoms with Crippen molar-refractivity contribution >= 4 is 11.8 Å². The van der Waals surface area contributed by atoms with Gasteiger partial charge < -0.3 is 15.4 Å². The molecule has 0 aliphatic heterocycles. The minimum absolute atomic E-state index is 0.0169. The quantitative estimate of drug-likeness (QED) is 0.586. The van der Waals surface area contributed by atoms with Crippen LogP contribution in [0.25, 0.3) is 0 Å². The van der Waals surface area contributed by atoms with Crippen LogP contribution < -0.4 is 10.6 Å². The molecule has 1 aromatic rings. The third kappa shape index (κ3) is 5.48. The Bertz CT molecular complexity index is 438. The number of carbonyl (C=O) groups excluding carboxylic acids is 2. The van der Waals surface area contributed by atoms with Crippen molar-refractivity contribution in [2.45, 2.75) is 13.0 Å². The molecule has 0 atom stereocenters. The lowest BCUT2D eigenvalue weighted by Gasteiger charge is -2.07. The highest BCUT2D eigenvalue weighted by molar-refractivity contribution is 6.35. The van der Waals surface area contributed by atoms with E-state index in [-0.39, 0.29) is 6.54 Å². The summed E-state index contributed by atoms with van der Waals surface area (Å²) in [4.78, 5) is 22.8. The van der Waals surface area contributed by atoms with Gasteiger partial charge in [0.1, 0.15) is 5.82 Å². The second-order valence-electron chi connectivity index (χ2n) is 3.88. The van der Waals surface area contributed by atoms with E-state index in [1.54, 1.807) is 25.3 Å². The molecule has 2 N–H and O–H groups in total. The van der Waals surface area contributed by atoms with E-state index < -0.39 is 17.6 Å². The van der Waals surface area contributed by atoms with E-state index in [4.69, 9.17) is 4.74 Å². The van der Waals surface area contributed by atoms with E-state index in [0.29, 0.717) is 25.1 Å². The Morgan fingerprint density at radius 2 is 1.89 bits per heavy atom. The maximum absolute atomic E-state index is 13.3. The van der Waals surface area contributed by atoms with Gasteiger partial charge in [0.25, 0.3) is 0 Å². The minimum atomic E-state index is -0.777. The molecule has 19 heavy (non-hydrogen) atoms. The van der Waals surface area contributed by atoms with Gasteiger partial charge in [-0.2, -0.15) is 0 Å². The first-order valence-electron chi connectivity index (χ1n) is 5.93. The van der Waals surface area contributed by atoms with Gasteiger partial charge in [0.15, 0.2) is 0 Å². The molecule has 2 amide bonds. The fourth-order valence-corrected chi connectivity index (χ4v) is 1.40. The lowest BCUT2D eigenvalue weighted by atomic mass is 10.2. The molecule has 0 unspecified atom stereocenters. The molecule has 0 aliphatic carbocycles. The van der Waals surface area contributed by atoms with Crippen LogP contribution in [0.2, 0.25) is 0 Å². The van der Waals surface area contributed by atoms with Crippen molar-refractivity contribution in [3.8, 4) is 0 Å². The number of hydrogen-bond acceptors (Lipinski definition) is 3. The Balaban J connectivity index is 2.31. The van der Waals surface area contributed by atoms with Gasteiger partial charge in [-0.25, -0.2) is 4.39 Å². The van der Waals surface area contributed by atoms with Gasteiger partial charge in [0.2, 0.25) is 0 Å². The molecule has 0 heterocycles. The zero-order valence-corrected chi connectivity index (χ0v) is 10.7. The zero-order chi connectivity index (χ0) is 14.1. The number of hydrogen-bond donors (Lipinski definition) is 2. The third-order valence-corrected chi connectivity index (χ3v) is 2.41. The average molecular weight is 268 g/mol. The van der Waals surface area contributed by atoms with E-state index in [1.807, 2.05) is 0 Å². The summed E-state index contributed by atoms with van der Waals surface area (Å²) in [5, 5.41) is 4.80. The number of halogens is 1. The summed E-state index contributed by atoms with van der Waals surface area (Å²) in [5.41, 5.74) is 0.336. The summed E-state index contributed by atoms with van der Waals surface area (Å²) in [5.74, 6) is -1.92. The molecule has 0 radical (unpaired) electrons. The largest absolute Gasteiger partial charge is 0.385 e. The number of methoxy groups -OCH3 is 1. The van der Waals surface area contributed by atoms with Crippen LogP contribution in [0.5, 0.6) is 0 Å². The maximum atomic E-state index is 13.3. The van der Waals surface area contributed by atoms with Crippen molar-refractivity contribution in [3.05, 3.63) is 35.6 Å². The molecular weight excluding hydrogens is 251 g/mol. The number of rotatable bonds is 6. The van der Waals surface area contributed by atoms with Crippen LogP contribution in [-0.2, 0) is 20.9 Å². The van der Waals surface area contributed by atoms with Crippen molar-refractivity contribution < 1.29 is 18.7 Å². The van der Waals surface area contributed by atoms with Gasteiger partial charge in [0.05, 0.1) is 0 Å². The number of ether oxygens (including phenoxy) is 1. The van der Waals surface area contributed by atoms with Crippen LogP contribution in [0.15, 0.2) is 24.3 Å². The van der Waals surface area contributed by atoms with E-state index >= 15 is 0 Å². The fourth-order valence-electron chi connectivity index (χ4n) is 1.40. The summed E-state index contributed by atoms with van der Waals surface area (Å²) in [6.07, 6.45) is 0.628. The van der Waals surface area contributed by atoms with Gasteiger partial charge in [-0.3, -0.25) is 9.59 Å². The fraction of sp³-hybridized carbons (Fsp3) is 0.385. The van der Waals surface area contributed by atoms with Crippen molar-refractivity contribution in [3.63, 3.8) is 0 Å². The van der Waals surface area contributed by atoms with E-state index in [0.717, 1.165) is 0 Å². The van der Waals surface area contributed by atoms with Gasteiger partial charge in [-0.05, 0) is 12.5 Å². The highest BCUT2D eigenvalue weighted by atomic mass is 19.1. The topological polar surface area (TPSA) is 67.4 Å². The smallest absolute Gasteiger partial charge is 0.309 e. The first-order valence-corrected chi connectivity index (χ1v) is 5.93. The van der Waals surface area contributed by atoms with Crippen LogP contribution in [0, 0.1) is 5.82 Å². The first kappa shape index (κ1) is 15.1. The van der Waals surface area contributed by atoms with E-state index in [2.05, 4.69) is 10.6 Å². The predicted octanol–water partition coefficient (Wildman–Crippen LogP) is 0.595. The molecule has 0 saturated carbocycles. The molecule has 1 rings (SSSR count). The monoisotopic (exact) mass is 268 g/mol. The Morgan fingerprint density at radius 3 is 2.58 bits per heavy atom. The standard InChI is InChI=1S/C13H17FN2O3/c1-19-8-4-7-15-12(17)13(18)16-9-10-5-2-3-6-11(10)14/h2-3,5-6H,4,7-9H2,1H3,(H,15,17)(H,16,18). The average Bonchev–Trinajstić information content (AvgIpc) is 2.42. The summed E-state index contributed by atoms with van der Waals surface area (Å²) in [6, 6.07) is 6.07. The molecule has 0 saturated heterocycles. The summed E-state index contributed by atoms with van der Waals surface area (Å²) in [6.45, 7) is 0.855. The predicted molar refractivity (Wildman–Crippen MR) is 67.7 cm³/mol. The van der Waals surface area contributed by atoms with Gasteiger partial charge in [-0.1, -0.05) is 18.2 Å². The maximum Gasteiger partial charge on any atom is 0.309 e. The van der Waals surface area contributed by atoms with E-state index in [1.165, 1.54) is 6.07 Å². The molecule has 0 bridgehead atoms. The molecule has 5 nitrogen and oxygen atoms in total. The molecule has 0 spiro atoms. The van der Waals surface area contributed by atoms with Crippen LogP contribution in [-0.4, -0.2) is 32.1 Å². The number of carbonyl (C=O) groups is 2. The summed E-state index contributed by atoms with van der Waals surface area (Å²) >= 11 is 0. The zero-order valence-electron chi connectivity index (χ0n) is 10.7. The minimum Gasteiger partial charge on any atom is -0.385 e. The Kier molecular flexibility index (Phi) is 6.52. The normalized spacial score (nSPS) is 10.0. The van der Waals surface area contributed by atoms with Crippen LogP contribution in [0.3, 0.4) is 0 Å². The van der Waals surface area contributed by atoms with E-state index in [9.17, 15) is 14.0 Å². The molecule has 104 valence electrons. The van der Waals surface area contributed by atoms with Crippen molar-refractivity contribution in [1.82, 2.24) is 10.6 Å². The van der Waals surface area contributed by atoms with Crippen LogP contribution in [0.4, 0.5) is 4.39 Å². The Morgan fingerprint density at radius 1 is 1.21 bits per heavy atom. The van der Waals surface area contributed by atoms with Crippen molar-refractivity contribution in [2.24, 2.45) is 0 Å². The summed E-state index contributed by atoms with van der Waals surface area (Å²) in [7, 11) is 1.56. The van der Waals surface area contributed by atoms with Crippen molar-refractivity contribution in [2.75, 3.05) is 20.3 Å². The molecule has 6 heteroatoms. The van der Waals surface area contributed by atoms with Gasteiger partial charge in [0, 0.05) is 32.4 Å². The second-order valence-corrected chi connectivity index (χ2v) is 3.88. The van der Waals surface area contributed by atoms with Gasteiger partial charge >= 0.3 is 11.8 Å². The SMILES string of the molecule is COCCCNC(=O)C(=O)NCc1ccccc1F. The Hall–Kier alpha value is -1.95. The molecule has 1 aromatic carbocycles. The number of benzene rings is 1. The second kappa shape index (κ2) is 8.20. The third-order valence-electron chi connectivity index (χ3n) is 2.41. The molecule has 0 aliphatic rings. The summed E-state index contributed by atoms with van der Waals surface area (Å²) < 4.78 is 18.1. The lowest BCUT2D eigenvalue weighted by molar-refractivity contribution is -0.139. The van der Waals surface area contributed by atoms with Crippen LogP contribution >= 0.6 is 0 Å². The highest BCUT2D eigenvalue weighted by Crippen LogP contribution is 2.05. The number of amides is 2. The van der Waals surface area contributed by atoms with Gasteiger partial charge in [-0.15, -0.1) is 0 Å². The molecular formula is C13H17FN2O3. The highest BCUT2D eigenvalue weighted by Gasteiger charge is 2.12. The molecule has 0 fully saturated rings. The number of nitrogens with one attached hydrogen (secondary N) is 2. The lowest BCUT2D eigenvalue weighted by Crippen LogP contribution is -2.40. The first-order chi connectivity index (χ1) is 9.15. The van der Waals surface area contributed by atoms with Crippen LogP contribution in [0.1, 0.15) is 12.0 Å².